The van der Waals surface area contributed by atoms with Crippen molar-refractivity contribution in [1.29, 1.82) is 0 Å². The van der Waals surface area contributed by atoms with E-state index in [9.17, 15) is 28.8 Å². The van der Waals surface area contributed by atoms with Gasteiger partial charge >= 0.3 is 6.09 Å². The van der Waals surface area contributed by atoms with Crippen molar-refractivity contribution in [3.05, 3.63) is 28.7 Å². The largest absolute Gasteiger partial charge is 0.444 e. The third kappa shape index (κ3) is 8.65. The Labute approximate surface area is 245 Å². The van der Waals surface area contributed by atoms with Crippen LogP contribution in [0.1, 0.15) is 91.0 Å². The molecule has 42 heavy (non-hydrogen) atoms. The maximum absolute atomic E-state index is 14.0. The molecule has 1 saturated heterocycles. The molecule has 12 nitrogen and oxygen atoms in total. The summed E-state index contributed by atoms with van der Waals surface area (Å²) in [5.74, 6) is -2.75. The average Bonchev–Trinajstić information content (AvgIpc) is 3.66. The lowest BCUT2D eigenvalue weighted by molar-refractivity contribution is -0.141. The van der Waals surface area contributed by atoms with Crippen molar-refractivity contribution >= 4 is 35.3 Å². The van der Waals surface area contributed by atoms with Crippen molar-refractivity contribution in [3.8, 4) is 0 Å². The molecular weight excluding hydrogens is 542 g/mol. The monoisotopic (exact) mass is 585 g/mol. The molecule has 2 saturated carbocycles. The summed E-state index contributed by atoms with van der Waals surface area (Å²) in [6.45, 7) is 5.58. The first-order valence-electron chi connectivity index (χ1n) is 15.0. The van der Waals surface area contributed by atoms with Gasteiger partial charge in [-0.05, 0) is 70.9 Å². The van der Waals surface area contributed by atoms with Crippen LogP contribution in [0.15, 0.2) is 23.1 Å². The van der Waals surface area contributed by atoms with Crippen LogP contribution in [0.2, 0.25) is 0 Å². The van der Waals surface area contributed by atoms with E-state index in [1.165, 1.54) is 16.8 Å². The second-order valence-corrected chi connectivity index (χ2v) is 12.7. The van der Waals surface area contributed by atoms with Crippen molar-refractivity contribution in [2.45, 2.75) is 109 Å². The van der Waals surface area contributed by atoms with Crippen LogP contribution in [0.4, 0.5) is 10.5 Å². The van der Waals surface area contributed by atoms with Gasteiger partial charge in [0.2, 0.25) is 17.6 Å². The van der Waals surface area contributed by atoms with Crippen LogP contribution < -0.4 is 26.8 Å². The Kier molecular flexibility index (Phi) is 10.1. The SMILES string of the molecule is CC(C)(C)OC(=O)Nc1cccn([C@H](CC2CCCCC2)C(=O)N[C@H](C[C@@H]2CCNC2=O)C(=O)C(=O)NC2CC2)c1=O. The van der Waals surface area contributed by atoms with Crippen LogP contribution in [-0.4, -0.2) is 58.4 Å². The van der Waals surface area contributed by atoms with Gasteiger partial charge in [-0.3, -0.25) is 29.3 Å². The molecule has 1 aromatic heterocycles. The Morgan fingerprint density at radius 2 is 1.74 bits per heavy atom. The van der Waals surface area contributed by atoms with Gasteiger partial charge in [-0.1, -0.05) is 32.1 Å². The summed E-state index contributed by atoms with van der Waals surface area (Å²) in [5.41, 5.74) is -1.42. The minimum atomic E-state index is -1.22. The fraction of sp³-hybridized carbons (Fsp3) is 0.667. The van der Waals surface area contributed by atoms with Crippen LogP contribution >= 0.6 is 0 Å². The van der Waals surface area contributed by atoms with E-state index in [0.717, 1.165) is 44.9 Å². The van der Waals surface area contributed by atoms with Gasteiger partial charge in [0.25, 0.3) is 11.5 Å². The molecule has 12 heteroatoms. The highest BCUT2D eigenvalue weighted by Crippen LogP contribution is 2.31. The predicted molar refractivity (Wildman–Crippen MR) is 155 cm³/mol. The molecular formula is C30H43N5O7. The number of rotatable bonds is 11. The number of ether oxygens (including phenoxy) is 1. The summed E-state index contributed by atoms with van der Waals surface area (Å²) >= 11 is 0. The first-order valence-corrected chi connectivity index (χ1v) is 15.0. The van der Waals surface area contributed by atoms with E-state index in [1.807, 2.05) is 0 Å². The molecule has 0 bridgehead atoms. The summed E-state index contributed by atoms with van der Waals surface area (Å²) < 4.78 is 6.55. The quantitative estimate of drug-likeness (QED) is 0.290. The highest BCUT2D eigenvalue weighted by molar-refractivity contribution is 6.38. The first-order chi connectivity index (χ1) is 19.9. The van der Waals surface area contributed by atoms with Gasteiger partial charge < -0.3 is 25.3 Å². The highest BCUT2D eigenvalue weighted by Gasteiger charge is 2.38. The number of hydrogen-bond donors (Lipinski definition) is 4. The van der Waals surface area contributed by atoms with Crippen molar-refractivity contribution in [2.24, 2.45) is 11.8 Å². The van der Waals surface area contributed by atoms with Crippen LogP contribution in [-0.2, 0) is 23.9 Å². The molecule has 3 fully saturated rings. The van der Waals surface area contributed by atoms with Crippen LogP contribution in [0.25, 0.3) is 0 Å². The number of anilines is 1. The zero-order chi connectivity index (χ0) is 30.4. The van der Waals surface area contributed by atoms with Gasteiger partial charge in [-0.25, -0.2) is 4.79 Å². The van der Waals surface area contributed by atoms with Crippen LogP contribution in [0.3, 0.4) is 0 Å². The van der Waals surface area contributed by atoms with E-state index in [0.29, 0.717) is 19.4 Å². The van der Waals surface area contributed by atoms with E-state index >= 15 is 0 Å². The molecule has 0 aromatic carbocycles. The number of pyridine rings is 1. The molecule has 230 valence electrons. The summed E-state index contributed by atoms with van der Waals surface area (Å²) in [4.78, 5) is 78.2. The molecule has 2 aliphatic carbocycles. The van der Waals surface area contributed by atoms with Gasteiger partial charge in [0.15, 0.2) is 0 Å². The number of hydrogen-bond acceptors (Lipinski definition) is 7. The van der Waals surface area contributed by atoms with Crippen LogP contribution in [0, 0.1) is 11.8 Å². The van der Waals surface area contributed by atoms with E-state index in [1.54, 1.807) is 26.8 Å². The molecule has 4 amide bonds. The summed E-state index contributed by atoms with van der Waals surface area (Å²) in [6.07, 6.45) is 8.06. The Balaban J connectivity index is 1.60. The van der Waals surface area contributed by atoms with Gasteiger partial charge in [-0.2, -0.15) is 0 Å². The standard InChI is InChI=1S/C30H43N5O7/c1-30(2,3)42-29(41)34-21-10-7-15-35(28(21)40)23(16-18-8-5-4-6-9-18)26(38)33-22(17-19-13-14-31-25(19)37)24(36)27(39)32-20-11-12-20/h7,10,15,18-20,22-23H,4-6,8-9,11-14,16-17H2,1-3H3,(H,31,37)(H,32,39)(H,33,38)(H,34,41)/t19-,22+,23+/m0/s1. The van der Waals surface area contributed by atoms with E-state index in [-0.39, 0.29) is 30.0 Å². The van der Waals surface area contributed by atoms with Crippen molar-refractivity contribution in [1.82, 2.24) is 20.5 Å². The van der Waals surface area contributed by atoms with Crippen LogP contribution in [0.5, 0.6) is 0 Å². The summed E-state index contributed by atoms with van der Waals surface area (Å²) in [6, 6.07) is 0.721. The van der Waals surface area contributed by atoms with Gasteiger partial charge in [0, 0.05) is 24.7 Å². The molecule has 0 spiro atoms. The molecule has 3 aliphatic rings. The lowest BCUT2D eigenvalue weighted by atomic mass is 9.84. The average molecular weight is 586 g/mol. The highest BCUT2D eigenvalue weighted by atomic mass is 16.6. The zero-order valence-electron chi connectivity index (χ0n) is 24.7. The number of aromatic nitrogens is 1. The number of nitrogens with zero attached hydrogens (tertiary/aromatic N) is 1. The third-order valence-corrected chi connectivity index (χ3v) is 7.98. The smallest absolute Gasteiger partial charge is 0.412 e. The number of ketones is 1. The zero-order valence-corrected chi connectivity index (χ0v) is 24.7. The molecule has 1 aromatic rings. The van der Waals surface area contributed by atoms with Crippen molar-refractivity contribution in [3.63, 3.8) is 0 Å². The second kappa shape index (κ2) is 13.5. The molecule has 4 N–H and O–H groups in total. The lowest BCUT2D eigenvalue weighted by Gasteiger charge is -2.29. The Morgan fingerprint density at radius 1 is 1.02 bits per heavy atom. The molecule has 3 atom stereocenters. The number of Topliss-reactive ketones (excluding diaryl/α,β-unsaturated/α-hetero) is 1. The Hall–Kier alpha value is -3.70. The van der Waals surface area contributed by atoms with E-state index < -0.39 is 52.9 Å². The molecule has 0 radical (unpaired) electrons. The molecule has 4 rings (SSSR count). The number of carbonyl (C=O) groups excluding carboxylic acids is 5. The summed E-state index contributed by atoms with van der Waals surface area (Å²) in [5, 5.41) is 10.6. The normalized spacial score (nSPS) is 20.6. The number of carbonyl (C=O) groups is 5. The number of amides is 4. The maximum atomic E-state index is 14.0. The fourth-order valence-electron chi connectivity index (χ4n) is 5.65. The fourth-order valence-corrected chi connectivity index (χ4v) is 5.65. The molecule has 1 aliphatic heterocycles. The molecule has 0 unspecified atom stereocenters. The van der Waals surface area contributed by atoms with E-state index in [4.69, 9.17) is 4.74 Å². The van der Waals surface area contributed by atoms with E-state index in [2.05, 4.69) is 21.3 Å². The maximum Gasteiger partial charge on any atom is 0.412 e. The third-order valence-electron chi connectivity index (χ3n) is 7.98. The molecule has 2 heterocycles. The number of nitrogens with one attached hydrogen (secondary N) is 4. The Morgan fingerprint density at radius 3 is 2.36 bits per heavy atom. The van der Waals surface area contributed by atoms with Gasteiger partial charge in [0.05, 0.1) is 6.04 Å². The van der Waals surface area contributed by atoms with Crippen molar-refractivity contribution in [2.75, 3.05) is 11.9 Å². The minimum absolute atomic E-state index is 0.0141. The predicted octanol–water partition coefficient (Wildman–Crippen LogP) is 2.57. The van der Waals surface area contributed by atoms with Crippen molar-refractivity contribution < 1.29 is 28.7 Å². The lowest BCUT2D eigenvalue weighted by Crippen LogP contribution is -2.51. The van der Waals surface area contributed by atoms with Gasteiger partial charge in [0.1, 0.15) is 17.3 Å². The van der Waals surface area contributed by atoms with Gasteiger partial charge in [-0.15, -0.1) is 0 Å². The second-order valence-electron chi connectivity index (χ2n) is 12.7. The first kappa shape index (κ1) is 31.2. The topological polar surface area (TPSA) is 165 Å². The Bertz CT molecular complexity index is 1240. The summed E-state index contributed by atoms with van der Waals surface area (Å²) in [7, 11) is 0. The minimum Gasteiger partial charge on any atom is -0.444 e.